The van der Waals surface area contributed by atoms with Crippen LogP contribution in [0.25, 0.3) is 0 Å². The number of carbonyl (C=O) groups is 1. The van der Waals surface area contributed by atoms with Crippen molar-refractivity contribution in [3.05, 3.63) is 35.9 Å². The van der Waals surface area contributed by atoms with Crippen molar-refractivity contribution in [3.8, 4) is 0 Å². The highest BCUT2D eigenvalue weighted by molar-refractivity contribution is 5.77. The number of carbonyl (C=O) groups excluding carboxylic acids is 1. The lowest BCUT2D eigenvalue weighted by atomic mass is 9.84. The Hall–Kier alpha value is -1.56. The molecule has 1 aliphatic heterocycles. The fraction of sp³-hybridized carbons (Fsp3) is 0.588. The van der Waals surface area contributed by atoms with Crippen LogP contribution in [-0.4, -0.2) is 35.2 Å². The highest BCUT2D eigenvalue weighted by Crippen LogP contribution is 2.41. The van der Waals surface area contributed by atoms with Crippen LogP contribution in [0.15, 0.2) is 30.3 Å². The molecule has 0 radical (unpaired) electrons. The van der Waals surface area contributed by atoms with Gasteiger partial charge in [-0.25, -0.2) is 0 Å². The van der Waals surface area contributed by atoms with Gasteiger partial charge >= 0.3 is 6.18 Å². The van der Waals surface area contributed by atoms with Gasteiger partial charge in [0.2, 0.25) is 5.91 Å². The van der Waals surface area contributed by atoms with Crippen molar-refractivity contribution in [2.75, 3.05) is 13.1 Å². The summed E-state index contributed by atoms with van der Waals surface area (Å²) in [6.07, 6.45) is -4.00. The van der Waals surface area contributed by atoms with Gasteiger partial charge in [-0.3, -0.25) is 4.79 Å². The van der Waals surface area contributed by atoms with Crippen LogP contribution >= 0.6 is 0 Å². The lowest BCUT2D eigenvalue weighted by Gasteiger charge is -2.40. The number of halogens is 3. The number of hydrogen-bond acceptors (Lipinski definition) is 2. The first kappa shape index (κ1) is 17.8. The molecule has 1 atom stereocenters. The van der Waals surface area contributed by atoms with E-state index in [0.29, 0.717) is 24.9 Å². The molecule has 0 spiro atoms. The first-order valence-corrected chi connectivity index (χ1v) is 7.68. The summed E-state index contributed by atoms with van der Waals surface area (Å²) < 4.78 is 38.9. The minimum atomic E-state index is -4.44. The Morgan fingerprint density at radius 3 is 2.43 bits per heavy atom. The fourth-order valence-corrected chi connectivity index (χ4v) is 2.82. The molecule has 2 rings (SSSR count). The van der Waals surface area contributed by atoms with Gasteiger partial charge in [0.1, 0.15) is 5.60 Å². The van der Waals surface area contributed by atoms with Crippen molar-refractivity contribution in [2.45, 2.75) is 44.9 Å². The summed E-state index contributed by atoms with van der Waals surface area (Å²) in [5.41, 5.74) is -2.59. The molecule has 1 N–H and O–H groups in total. The van der Waals surface area contributed by atoms with Gasteiger partial charge in [0, 0.05) is 13.0 Å². The van der Waals surface area contributed by atoms with Crippen LogP contribution in [0.3, 0.4) is 0 Å². The molecule has 1 heterocycles. The Bertz CT molecular complexity index is 557. The summed E-state index contributed by atoms with van der Waals surface area (Å²) in [4.78, 5) is 13.6. The highest BCUT2D eigenvalue weighted by Gasteiger charge is 2.49. The van der Waals surface area contributed by atoms with Gasteiger partial charge in [0.15, 0.2) is 0 Å². The van der Waals surface area contributed by atoms with E-state index in [1.54, 1.807) is 24.3 Å². The predicted molar refractivity (Wildman–Crippen MR) is 80.6 cm³/mol. The van der Waals surface area contributed by atoms with Gasteiger partial charge < -0.3 is 10.0 Å². The number of aliphatic hydroxyl groups is 1. The minimum Gasteiger partial charge on any atom is -0.383 e. The number of amides is 1. The normalized spacial score (nSPS) is 23.0. The van der Waals surface area contributed by atoms with Crippen molar-refractivity contribution >= 4 is 5.91 Å². The SMILES string of the molecule is CC(C)(CC(=O)N1CCCC(O)(c2ccccc2)C1)C(F)(F)F. The van der Waals surface area contributed by atoms with Crippen LogP contribution < -0.4 is 0 Å². The Morgan fingerprint density at radius 1 is 1.26 bits per heavy atom. The third-order valence-corrected chi connectivity index (χ3v) is 4.50. The molecule has 1 aromatic rings. The molecule has 1 aromatic carbocycles. The fourth-order valence-electron chi connectivity index (χ4n) is 2.82. The summed E-state index contributed by atoms with van der Waals surface area (Å²) in [6, 6.07) is 8.95. The van der Waals surface area contributed by atoms with Gasteiger partial charge in [0.05, 0.1) is 12.0 Å². The van der Waals surface area contributed by atoms with Gasteiger partial charge in [-0.2, -0.15) is 13.2 Å². The van der Waals surface area contributed by atoms with E-state index < -0.39 is 29.5 Å². The quantitative estimate of drug-likeness (QED) is 0.922. The number of hydrogen-bond donors (Lipinski definition) is 1. The van der Waals surface area contributed by atoms with Gasteiger partial charge in [0.25, 0.3) is 0 Å². The molecule has 1 unspecified atom stereocenters. The molecule has 1 amide bonds. The van der Waals surface area contributed by atoms with E-state index in [1.165, 1.54) is 4.90 Å². The molecular formula is C17H22F3NO2. The minimum absolute atomic E-state index is 0.0315. The highest BCUT2D eigenvalue weighted by atomic mass is 19.4. The Balaban J connectivity index is 2.11. The summed E-state index contributed by atoms with van der Waals surface area (Å²) in [7, 11) is 0. The smallest absolute Gasteiger partial charge is 0.383 e. The maximum atomic E-state index is 13.0. The third kappa shape index (κ3) is 3.86. The van der Waals surface area contributed by atoms with E-state index in [1.807, 2.05) is 6.07 Å². The molecule has 6 heteroatoms. The van der Waals surface area contributed by atoms with Crippen molar-refractivity contribution in [1.29, 1.82) is 0 Å². The zero-order chi connectivity index (χ0) is 17.3. The summed E-state index contributed by atoms with van der Waals surface area (Å²) in [5.74, 6) is -0.568. The van der Waals surface area contributed by atoms with Crippen LogP contribution in [0.5, 0.6) is 0 Å². The second-order valence-electron chi connectivity index (χ2n) is 6.87. The zero-order valence-electron chi connectivity index (χ0n) is 13.4. The molecule has 0 bridgehead atoms. The summed E-state index contributed by atoms with van der Waals surface area (Å²) in [5, 5.41) is 10.8. The molecular weight excluding hydrogens is 307 g/mol. The molecule has 23 heavy (non-hydrogen) atoms. The molecule has 0 aliphatic carbocycles. The van der Waals surface area contributed by atoms with Gasteiger partial charge in [-0.05, 0) is 18.4 Å². The van der Waals surface area contributed by atoms with Crippen LogP contribution in [-0.2, 0) is 10.4 Å². The zero-order valence-corrected chi connectivity index (χ0v) is 13.4. The summed E-state index contributed by atoms with van der Waals surface area (Å²) in [6.45, 7) is 2.46. The van der Waals surface area contributed by atoms with Crippen LogP contribution in [0, 0.1) is 5.41 Å². The van der Waals surface area contributed by atoms with Crippen molar-refractivity contribution in [1.82, 2.24) is 4.90 Å². The van der Waals surface area contributed by atoms with E-state index in [-0.39, 0.29) is 6.54 Å². The number of benzene rings is 1. The van der Waals surface area contributed by atoms with E-state index in [0.717, 1.165) is 13.8 Å². The van der Waals surface area contributed by atoms with Crippen molar-refractivity contribution < 1.29 is 23.1 Å². The first-order chi connectivity index (χ1) is 10.6. The lowest BCUT2D eigenvalue weighted by molar-refractivity contribution is -0.215. The Morgan fingerprint density at radius 2 is 1.87 bits per heavy atom. The monoisotopic (exact) mass is 329 g/mol. The number of alkyl halides is 3. The maximum absolute atomic E-state index is 13.0. The number of rotatable bonds is 3. The van der Waals surface area contributed by atoms with Crippen LogP contribution in [0.1, 0.15) is 38.7 Å². The van der Waals surface area contributed by atoms with E-state index in [2.05, 4.69) is 0 Å². The third-order valence-electron chi connectivity index (χ3n) is 4.50. The lowest BCUT2D eigenvalue weighted by Crippen LogP contribution is -2.50. The Kier molecular flexibility index (Phi) is 4.76. The van der Waals surface area contributed by atoms with Crippen LogP contribution in [0.2, 0.25) is 0 Å². The predicted octanol–water partition coefficient (Wildman–Crippen LogP) is 3.48. The largest absolute Gasteiger partial charge is 0.394 e. The molecule has 1 aliphatic rings. The molecule has 1 fully saturated rings. The number of nitrogens with zero attached hydrogens (tertiary/aromatic N) is 1. The first-order valence-electron chi connectivity index (χ1n) is 7.68. The molecule has 1 saturated heterocycles. The molecule has 0 saturated carbocycles. The average molecular weight is 329 g/mol. The Labute approximate surface area is 134 Å². The van der Waals surface area contributed by atoms with Gasteiger partial charge in [-0.15, -0.1) is 0 Å². The van der Waals surface area contributed by atoms with Crippen molar-refractivity contribution in [2.24, 2.45) is 5.41 Å². The van der Waals surface area contributed by atoms with Crippen molar-refractivity contribution in [3.63, 3.8) is 0 Å². The number of β-amino-alcohol motifs (C(OH)–C–C–N with tert-alkyl or cyclic N) is 1. The number of likely N-dealkylation sites (tertiary alicyclic amines) is 1. The van der Waals surface area contributed by atoms with E-state index in [4.69, 9.17) is 0 Å². The maximum Gasteiger partial charge on any atom is 0.394 e. The number of piperidine rings is 1. The summed E-state index contributed by atoms with van der Waals surface area (Å²) >= 11 is 0. The standard InChI is InChI=1S/C17H22F3NO2/c1-15(2,17(18,19)20)11-14(22)21-10-6-9-16(23,12-21)13-7-4-3-5-8-13/h3-5,7-8,23H,6,9-12H2,1-2H3. The van der Waals surface area contributed by atoms with E-state index >= 15 is 0 Å². The topological polar surface area (TPSA) is 40.5 Å². The second-order valence-corrected chi connectivity index (χ2v) is 6.87. The molecule has 128 valence electrons. The molecule has 0 aromatic heterocycles. The van der Waals surface area contributed by atoms with Gasteiger partial charge in [-0.1, -0.05) is 44.2 Å². The average Bonchev–Trinajstić information content (AvgIpc) is 2.46. The molecule has 3 nitrogen and oxygen atoms in total. The van der Waals surface area contributed by atoms with E-state index in [9.17, 15) is 23.1 Å². The van der Waals surface area contributed by atoms with Crippen LogP contribution in [0.4, 0.5) is 13.2 Å². The second kappa shape index (κ2) is 6.15.